The molecule has 0 aromatic carbocycles. The smallest absolute Gasteiger partial charge is 0.307 e. The normalized spacial score (nSPS) is 11.1. The quantitative estimate of drug-likeness (QED) is 0.381. The molecule has 0 aliphatic carbocycles. The molecule has 0 heterocycles. The zero-order chi connectivity index (χ0) is 6.57. The summed E-state index contributed by atoms with van der Waals surface area (Å²) in [6.45, 7) is 4.94. The molecule has 0 bridgehead atoms. The van der Waals surface area contributed by atoms with Gasteiger partial charge in [0, 0.05) is 6.92 Å². The van der Waals surface area contributed by atoms with E-state index in [-0.39, 0.29) is 5.97 Å². The fourth-order valence-corrected chi connectivity index (χ4v) is 0.286. The van der Waals surface area contributed by atoms with Gasteiger partial charge in [-0.1, -0.05) is 0 Å². The molecule has 2 nitrogen and oxygen atoms in total. The fourth-order valence-electron chi connectivity index (χ4n) is 0.286. The van der Waals surface area contributed by atoms with E-state index in [2.05, 4.69) is 4.74 Å². The number of carbonyl (C=O) groups is 1. The average Bonchev–Trinajstić information content (AvgIpc) is 1.65. The van der Waals surface area contributed by atoms with E-state index in [0.717, 1.165) is 0 Å². The number of rotatable bonds is 1. The summed E-state index contributed by atoms with van der Waals surface area (Å²) >= 11 is 0. The Morgan fingerprint density at radius 2 is 2.00 bits per heavy atom. The summed E-state index contributed by atoms with van der Waals surface area (Å²) < 4.78 is 4.62. The van der Waals surface area contributed by atoms with E-state index in [1.165, 1.54) is 6.92 Å². The van der Waals surface area contributed by atoms with E-state index in [0.29, 0.717) is 5.76 Å². The maximum Gasteiger partial charge on any atom is 0.307 e. The van der Waals surface area contributed by atoms with E-state index >= 15 is 0 Å². The molecule has 0 aliphatic heterocycles. The predicted octanol–water partition coefficient (Wildman–Crippen LogP) is 1.47. The molecule has 8 heavy (non-hydrogen) atoms. The molecule has 0 rings (SSSR count). The van der Waals surface area contributed by atoms with Crippen molar-refractivity contribution in [3.63, 3.8) is 0 Å². The summed E-state index contributed by atoms with van der Waals surface area (Å²) in [4.78, 5) is 10.1. The lowest BCUT2D eigenvalue weighted by Crippen LogP contribution is -1.94. The molecular weight excluding hydrogens is 104 g/mol. The second kappa shape index (κ2) is 3.24. The van der Waals surface area contributed by atoms with E-state index < -0.39 is 0 Å². The standard InChI is InChI=1S/C6H10O2/c1-4-5(2)8-6(3)7/h4H,1-3H3/b5-4-. The van der Waals surface area contributed by atoms with Gasteiger partial charge in [0.05, 0.1) is 0 Å². The Labute approximate surface area is 49.1 Å². The zero-order valence-corrected chi connectivity index (χ0v) is 5.39. The maximum absolute atomic E-state index is 10.1. The molecule has 0 saturated carbocycles. The van der Waals surface area contributed by atoms with Gasteiger partial charge in [-0.15, -0.1) is 0 Å². The number of ether oxygens (including phenoxy) is 1. The topological polar surface area (TPSA) is 26.3 Å². The summed E-state index contributed by atoms with van der Waals surface area (Å²) in [5.41, 5.74) is 0. The summed E-state index contributed by atoms with van der Waals surface area (Å²) in [6.07, 6.45) is 1.74. The van der Waals surface area contributed by atoms with E-state index in [1.807, 2.05) is 6.92 Å². The largest absolute Gasteiger partial charge is 0.432 e. The van der Waals surface area contributed by atoms with Crippen LogP contribution in [0.1, 0.15) is 20.8 Å². The van der Waals surface area contributed by atoms with Crippen LogP contribution in [-0.2, 0) is 9.53 Å². The van der Waals surface area contributed by atoms with Crippen molar-refractivity contribution < 1.29 is 9.53 Å². The molecule has 0 unspecified atom stereocenters. The van der Waals surface area contributed by atoms with Gasteiger partial charge in [-0.2, -0.15) is 0 Å². The predicted molar refractivity (Wildman–Crippen MR) is 31.2 cm³/mol. The van der Waals surface area contributed by atoms with Gasteiger partial charge < -0.3 is 4.74 Å². The molecule has 0 aromatic rings. The highest BCUT2D eigenvalue weighted by atomic mass is 16.5. The van der Waals surface area contributed by atoms with Crippen LogP contribution in [0.25, 0.3) is 0 Å². The highest BCUT2D eigenvalue weighted by Crippen LogP contribution is 1.92. The lowest BCUT2D eigenvalue weighted by Gasteiger charge is -1.96. The van der Waals surface area contributed by atoms with Gasteiger partial charge in [0.25, 0.3) is 0 Å². The molecule has 46 valence electrons. The molecule has 2 heteroatoms. The Bertz CT molecular complexity index is 114. The van der Waals surface area contributed by atoms with Gasteiger partial charge in [-0.25, -0.2) is 0 Å². The number of esters is 1. The summed E-state index contributed by atoms with van der Waals surface area (Å²) in [7, 11) is 0. The van der Waals surface area contributed by atoms with E-state index in [1.54, 1.807) is 13.0 Å². The SMILES string of the molecule is C/C=C(/C)OC(C)=O. The van der Waals surface area contributed by atoms with Crippen molar-refractivity contribution in [2.45, 2.75) is 20.8 Å². The number of hydrogen-bond donors (Lipinski definition) is 0. The minimum atomic E-state index is -0.263. The van der Waals surface area contributed by atoms with Crippen molar-refractivity contribution in [1.82, 2.24) is 0 Å². The third kappa shape index (κ3) is 3.40. The average molecular weight is 114 g/mol. The second-order valence-corrected chi connectivity index (χ2v) is 1.49. The minimum Gasteiger partial charge on any atom is -0.432 e. The van der Waals surface area contributed by atoms with Crippen molar-refractivity contribution in [2.75, 3.05) is 0 Å². The number of hydrogen-bond acceptors (Lipinski definition) is 2. The Balaban J connectivity index is 3.56. The summed E-state index contributed by atoms with van der Waals surface area (Å²) in [5.74, 6) is 0.387. The van der Waals surface area contributed by atoms with Crippen LogP contribution in [0.15, 0.2) is 11.8 Å². The van der Waals surface area contributed by atoms with Crippen LogP contribution in [0.5, 0.6) is 0 Å². The van der Waals surface area contributed by atoms with E-state index in [9.17, 15) is 4.79 Å². The molecule has 0 aromatic heterocycles. The monoisotopic (exact) mass is 114 g/mol. The molecule has 0 N–H and O–H groups in total. The lowest BCUT2D eigenvalue weighted by atomic mass is 10.5. The first-order valence-corrected chi connectivity index (χ1v) is 2.48. The fraction of sp³-hybridized carbons (Fsp3) is 0.500. The van der Waals surface area contributed by atoms with Gasteiger partial charge in [-0.05, 0) is 19.9 Å². The highest BCUT2D eigenvalue weighted by molar-refractivity contribution is 5.67. The van der Waals surface area contributed by atoms with Crippen LogP contribution in [0.2, 0.25) is 0 Å². The van der Waals surface area contributed by atoms with Crippen LogP contribution in [-0.4, -0.2) is 5.97 Å². The molecule has 0 aliphatic rings. The van der Waals surface area contributed by atoms with Crippen molar-refractivity contribution >= 4 is 5.97 Å². The van der Waals surface area contributed by atoms with Gasteiger partial charge >= 0.3 is 5.97 Å². The Hall–Kier alpha value is -0.790. The molecule has 0 radical (unpaired) electrons. The van der Waals surface area contributed by atoms with Gasteiger partial charge in [0.15, 0.2) is 0 Å². The van der Waals surface area contributed by atoms with Gasteiger partial charge in [0.2, 0.25) is 0 Å². The Morgan fingerprint density at radius 3 is 2.12 bits per heavy atom. The van der Waals surface area contributed by atoms with Gasteiger partial charge in [0.1, 0.15) is 5.76 Å². The van der Waals surface area contributed by atoms with Crippen LogP contribution in [0.3, 0.4) is 0 Å². The van der Waals surface area contributed by atoms with Crippen molar-refractivity contribution in [3.8, 4) is 0 Å². The molecule has 0 amide bonds. The molecule has 0 fully saturated rings. The van der Waals surface area contributed by atoms with Crippen LogP contribution < -0.4 is 0 Å². The highest BCUT2D eigenvalue weighted by Gasteiger charge is 1.90. The first-order chi connectivity index (χ1) is 3.66. The third-order valence-electron chi connectivity index (χ3n) is 0.711. The van der Waals surface area contributed by atoms with Crippen LogP contribution in [0, 0.1) is 0 Å². The first-order valence-electron chi connectivity index (χ1n) is 2.48. The lowest BCUT2D eigenvalue weighted by molar-refractivity contribution is -0.136. The van der Waals surface area contributed by atoms with Crippen molar-refractivity contribution in [3.05, 3.63) is 11.8 Å². The first kappa shape index (κ1) is 7.21. The molecule has 0 saturated heterocycles. The Kier molecular flexibility index (Phi) is 2.92. The van der Waals surface area contributed by atoms with Gasteiger partial charge in [-0.3, -0.25) is 4.79 Å². The number of allylic oxidation sites excluding steroid dienone is 2. The zero-order valence-electron chi connectivity index (χ0n) is 5.39. The van der Waals surface area contributed by atoms with Crippen LogP contribution >= 0.6 is 0 Å². The van der Waals surface area contributed by atoms with E-state index in [4.69, 9.17) is 0 Å². The minimum absolute atomic E-state index is 0.263. The van der Waals surface area contributed by atoms with Crippen molar-refractivity contribution in [2.24, 2.45) is 0 Å². The molecule has 0 spiro atoms. The van der Waals surface area contributed by atoms with Crippen LogP contribution in [0.4, 0.5) is 0 Å². The number of carbonyl (C=O) groups excluding carboxylic acids is 1. The molecule has 0 atom stereocenters. The van der Waals surface area contributed by atoms with Crippen molar-refractivity contribution in [1.29, 1.82) is 0 Å². The maximum atomic E-state index is 10.1. The summed E-state index contributed by atoms with van der Waals surface area (Å²) in [6, 6.07) is 0. The third-order valence-corrected chi connectivity index (χ3v) is 0.711. The Morgan fingerprint density at radius 1 is 1.50 bits per heavy atom. The molecular formula is C6H10O2. The second-order valence-electron chi connectivity index (χ2n) is 1.49. The summed E-state index contributed by atoms with van der Waals surface area (Å²) in [5, 5.41) is 0.